The first-order chi connectivity index (χ1) is 7.40. The standard InChI is InChI=1S/C12H11NOS/c14-13-11(12-7-4-8-15-12)9-10-5-2-1-3-6-10/h1-8,14H,9H2/b13-11+. The molecule has 0 unspecified atom stereocenters. The summed E-state index contributed by atoms with van der Waals surface area (Å²) in [7, 11) is 0. The molecule has 0 atom stereocenters. The average Bonchev–Trinajstić information content (AvgIpc) is 2.81. The van der Waals surface area contributed by atoms with E-state index in [9.17, 15) is 0 Å². The highest BCUT2D eigenvalue weighted by atomic mass is 32.1. The molecule has 0 saturated heterocycles. The van der Waals surface area contributed by atoms with Crippen molar-refractivity contribution in [2.24, 2.45) is 5.16 Å². The van der Waals surface area contributed by atoms with Crippen LogP contribution in [0.2, 0.25) is 0 Å². The van der Waals surface area contributed by atoms with Gasteiger partial charge in [0.1, 0.15) is 5.71 Å². The molecule has 0 bridgehead atoms. The lowest BCUT2D eigenvalue weighted by molar-refractivity contribution is 0.318. The summed E-state index contributed by atoms with van der Waals surface area (Å²) < 4.78 is 0. The molecule has 2 rings (SSSR count). The van der Waals surface area contributed by atoms with Crippen molar-refractivity contribution in [2.75, 3.05) is 0 Å². The Morgan fingerprint density at radius 1 is 1.13 bits per heavy atom. The topological polar surface area (TPSA) is 32.6 Å². The Morgan fingerprint density at radius 3 is 2.53 bits per heavy atom. The minimum atomic E-state index is 0.665. The number of hydrogen-bond acceptors (Lipinski definition) is 3. The van der Waals surface area contributed by atoms with Gasteiger partial charge in [0, 0.05) is 6.42 Å². The van der Waals surface area contributed by atoms with E-state index in [1.807, 2.05) is 47.8 Å². The largest absolute Gasteiger partial charge is 0.411 e. The summed E-state index contributed by atoms with van der Waals surface area (Å²) in [6, 6.07) is 13.9. The molecule has 3 heteroatoms. The summed E-state index contributed by atoms with van der Waals surface area (Å²) in [5.41, 5.74) is 1.87. The van der Waals surface area contributed by atoms with Crippen molar-refractivity contribution in [1.82, 2.24) is 0 Å². The Morgan fingerprint density at radius 2 is 1.93 bits per heavy atom. The first kappa shape index (κ1) is 9.93. The highest BCUT2D eigenvalue weighted by molar-refractivity contribution is 7.12. The van der Waals surface area contributed by atoms with E-state index in [0.717, 1.165) is 16.2 Å². The van der Waals surface area contributed by atoms with E-state index >= 15 is 0 Å². The Hall–Kier alpha value is -1.61. The second kappa shape index (κ2) is 4.75. The van der Waals surface area contributed by atoms with Crippen LogP contribution in [0.4, 0.5) is 0 Å². The average molecular weight is 217 g/mol. The van der Waals surface area contributed by atoms with Crippen molar-refractivity contribution in [1.29, 1.82) is 0 Å². The van der Waals surface area contributed by atoms with Crippen molar-refractivity contribution < 1.29 is 5.21 Å². The number of thiophene rings is 1. The number of benzene rings is 1. The van der Waals surface area contributed by atoms with Crippen LogP contribution >= 0.6 is 11.3 Å². The van der Waals surface area contributed by atoms with Crippen molar-refractivity contribution >= 4 is 17.0 Å². The Labute approximate surface area is 92.5 Å². The smallest absolute Gasteiger partial charge is 0.101 e. The van der Waals surface area contributed by atoms with E-state index in [1.165, 1.54) is 0 Å². The zero-order valence-electron chi connectivity index (χ0n) is 8.13. The molecule has 0 aliphatic heterocycles. The van der Waals surface area contributed by atoms with Gasteiger partial charge >= 0.3 is 0 Å². The van der Waals surface area contributed by atoms with Gasteiger partial charge in [-0.25, -0.2) is 0 Å². The lowest BCUT2D eigenvalue weighted by Crippen LogP contribution is -2.02. The number of oxime groups is 1. The molecular weight excluding hydrogens is 206 g/mol. The van der Waals surface area contributed by atoms with Gasteiger partial charge < -0.3 is 5.21 Å². The minimum absolute atomic E-state index is 0.665. The van der Waals surface area contributed by atoms with Crippen LogP contribution in [0.1, 0.15) is 10.4 Å². The first-order valence-corrected chi connectivity index (χ1v) is 5.57. The van der Waals surface area contributed by atoms with Crippen molar-refractivity contribution in [3.05, 3.63) is 58.3 Å². The molecule has 0 fully saturated rings. The number of nitrogens with zero attached hydrogens (tertiary/aromatic N) is 1. The van der Waals surface area contributed by atoms with Crippen molar-refractivity contribution in [3.8, 4) is 0 Å². The third kappa shape index (κ3) is 2.44. The fourth-order valence-electron chi connectivity index (χ4n) is 1.40. The molecule has 0 radical (unpaired) electrons. The maximum atomic E-state index is 8.95. The van der Waals surface area contributed by atoms with E-state index in [1.54, 1.807) is 11.3 Å². The van der Waals surface area contributed by atoms with E-state index in [2.05, 4.69) is 5.16 Å². The second-order valence-electron chi connectivity index (χ2n) is 3.19. The third-order valence-corrected chi connectivity index (χ3v) is 3.06. The molecule has 2 nitrogen and oxygen atoms in total. The third-order valence-electron chi connectivity index (χ3n) is 2.14. The van der Waals surface area contributed by atoms with Crippen LogP contribution in [-0.4, -0.2) is 10.9 Å². The van der Waals surface area contributed by atoms with Gasteiger partial charge in [-0.2, -0.15) is 0 Å². The van der Waals surface area contributed by atoms with E-state index in [0.29, 0.717) is 6.42 Å². The molecule has 76 valence electrons. The molecule has 2 aromatic rings. The number of rotatable bonds is 3. The monoisotopic (exact) mass is 217 g/mol. The summed E-state index contributed by atoms with van der Waals surface area (Å²) in [5, 5.41) is 14.3. The van der Waals surface area contributed by atoms with Gasteiger partial charge in [0.2, 0.25) is 0 Å². The molecule has 1 aromatic carbocycles. The second-order valence-corrected chi connectivity index (χ2v) is 4.13. The Balaban J connectivity index is 2.18. The molecule has 0 aliphatic carbocycles. The van der Waals surface area contributed by atoms with Crippen LogP contribution in [0.3, 0.4) is 0 Å². The fourth-order valence-corrected chi connectivity index (χ4v) is 2.11. The summed E-state index contributed by atoms with van der Waals surface area (Å²) in [5.74, 6) is 0. The molecule has 1 N–H and O–H groups in total. The summed E-state index contributed by atoms with van der Waals surface area (Å²) in [4.78, 5) is 1.02. The summed E-state index contributed by atoms with van der Waals surface area (Å²) in [6.45, 7) is 0. The molecule has 0 saturated carbocycles. The quantitative estimate of drug-likeness (QED) is 0.478. The van der Waals surface area contributed by atoms with Crippen LogP contribution in [-0.2, 0) is 6.42 Å². The maximum absolute atomic E-state index is 8.95. The van der Waals surface area contributed by atoms with E-state index in [-0.39, 0.29) is 0 Å². The molecule has 1 aromatic heterocycles. The highest BCUT2D eigenvalue weighted by Crippen LogP contribution is 2.13. The zero-order valence-corrected chi connectivity index (χ0v) is 8.95. The van der Waals surface area contributed by atoms with Gasteiger partial charge in [-0.15, -0.1) is 11.3 Å². The highest BCUT2D eigenvalue weighted by Gasteiger charge is 2.06. The zero-order chi connectivity index (χ0) is 10.5. The van der Waals surface area contributed by atoms with Crippen LogP contribution in [0.15, 0.2) is 53.0 Å². The molecule has 0 amide bonds. The fraction of sp³-hybridized carbons (Fsp3) is 0.0833. The van der Waals surface area contributed by atoms with Gasteiger partial charge in [-0.3, -0.25) is 0 Å². The predicted octanol–water partition coefficient (Wildman–Crippen LogP) is 3.17. The predicted molar refractivity (Wildman–Crippen MR) is 62.8 cm³/mol. The van der Waals surface area contributed by atoms with E-state index in [4.69, 9.17) is 5.21 Å². The SMILES string of the molecule is O/N=C(\Cc1ccccc1)c1cccs1. The van der Waals surface area contributed by atoms with Crippen molar-refractivity contribution in [3.63, 3.8) is 0 Å². The van der Waals surface area contributed by atoms with Crippen LogP contribution in [0.5, 0.6) is 0 Å². The van der Waals surface area contributed by atoms with Gasteiger partial charge in [-0.05, 0) is 17.0 Å². The normalized spacial score (nSPS) is 11.6. The van der Waals surface area contributed by atoms with Gasteiger partial charge in [0.15, 0.2) is 0 Å². The lowest BCUT2D eigenvalue weighted by atomic mass is 10.1. The van der Waals surface area contributed by atoms with Gasteiger partial charge in [0.05, 0.1) is 4.88 Å². The first-order valence-electron chi connectivity index (χ1n) is 4.69. The van der Waals surface area contributed by atoms with Crippen molar-refractivity contribution in [2.45, 2.75) is 6.42 Å². The Bertz CT molecular complexity index is 434. The lowest BCUT2D eigenvalue weighted by Gasteiger charge is -2.01. The minimum Gasteiger partial charge on any atom is -0.411 e. The van der Waals surface area contributed by atoms with Crippen LogP contribution < -0.4 is 0 Å². The van der Waals surface area contributed by atoms with Gasteiger partial charge in [0.25, 0.3) is 0 Å². The molecule has 0 spiro atoms. The maximum Gasteiger partial charge on any atom is 0.101 e. The number of hydrogen-bond donors (Lipinski definition) is 1. The van der Waals surface area contributed by atoms with Crippen LogP contribution in [0.25, 0.3) is 0 Å². The Kier molecular flexibility index (Phi) is 3.15. The molecule has 1 heterocycles. The van der Waals surface area contributed by atoms with Crippen LogP contribution in [0, 0.1) is 0 Å². The van der Waals surface area contributed by atoms with Gasteiger partial charge in [-0.1, -0.05) is 41.6 Å². The summed E-state index contributed by atoms with van der Waals surface area (Å²) in [6.07, 6.45) is 0.665. The molecule has 15 heavy (non-hydrogen) atoms. The van der Waals surface area contributed by atoms with E-state index < -0.39 is 0 Å². The summed E-state index contributed by atoms with van der Waals surface area (Å²) >= 11 is 1.58. The molecular formula is C12H11NOS. The molecule has 0 aliphatic rings.